The van der Waals surface area contributed by atoms with Crippen LogP contribution in [0, 0.1) is 0 Å². The van der Waals surface area contributed by atoms with E-state index in [4.69, 9.17) is 0 Å². The van der Waals surface area contributed by atoms with E-state index in [0.717, 1.165) is 0 Å². The number of rotatable bonds is 4. The Balaban J connectivity index is 2.34. The van der Waals surface area contributed by atoms with Gasteiger partial charge >= 0.3 is 0 Å². The molecule has 0 unspecified atom stereocenters. The minimum absolute atomic E-state index is 0.555. The molecule has 0 aromatic heterocycles. The second kappa shape index (κ2) is 6.46. The third-order valence-corrected chi connectivity index (χ3v) is 9.15. The first-order chi connectivity index (χ1) is 10.8. The fourth-order valence-electron chi connectivity index (χ4n) is 3.33. The van der Waals surface area contributed by atoms with Gasteiger partial charge in [0.05, 0.1) is 0 Å². The van der Waals surface area contributed by atoms with Crippen molar-refractivity contribution >= 4 is 23.2 Å². The lowest BCUT2D eigenvalue weighted by molar-refractivity contribution is 1.09. The van der Waals surface area contributed by atoms with Gasteiger partial charge in [-0.15, -0.1) is 0 Å². The summed E-state index contributed by atoms with van der Waals surface area (Å²) in [6.07, 6.45) is 0. The van der Waals surface area contributed by atoms with Crippen molar-refractivity contribution in [1.82, 2.24) is 0 Å². The fraction of sp³-hybridized carbons (Fsp3) is 0.143. The zero-order valence-electron chi connectivity index (χ0n) is 13.2. The van der Waals surface area contributed by atoms with Crippen LogP contribution in [-0.4, -0.2) is 5.66 Å². The van der Waals surface area contributed by atoms with Crippen LogP contribution in [0.15, 0.2) is 91.0 Å². The Morgan fingerprint density at radius 1 is 0.500 bits per heavy atom. The molecule has 3 aromatic carbocycles. The van der Waals surface area contributed by atoms with Crippen molar-refractivity contribution in [2.75, 3.05) is 0 Å². The van der Waals surface area contributed by atoms with E-state index in [-0.39, 0.29) is 0 Å². The predicted molar refractivity (Wildman–Crippen MR) is 100 cm³/mol. The van der Waals surface area contributed by atoms with Gasteiger partial charge in [-0.25, -0.2) is 0 Å². The fourth-order valence-corrected chi connectivity index (χ4v) is 7.94. The highest BCUT2D eigenvalue weighted by Crippen LogP contribution is 2.59. The Morgan fingerprint density at radius 2 is 0.773 bits per heavy atom. The van der Waals surface area contributed by atoms with Crippen LogP contribution in [0.5, 0.6) is 0 Å². The lowest BCUT2D eigenvalue weighted by Gasteiger charge is -2.42. The zero-order valence-corrected chi connectivity index (χ0v) is 14.1. The summed E-state index contributed by atoms with van der Waals surface area (Å²) in [4.78, 5) is 0. The summed E-state index contributed by atoms with van der Waals surface area (Å²) >= 11 is 0. The molecule has 0 amide bonds. The molecule has 0 aliphatic heterocycles. The lowest BCUT2D eigenvalue weighted by atomic mass is 10.3. The molecule has 3 aromatic rings. The van der Waals surface area contributed by atoms with E-state index in [0.29, 0.717) is 5.66 Å². The first-order valence-corrected chi connectivity index (χ1v) is 9.67. The molecule has 0 atom stereocenters. The quantitative estimate of drug-likeness (QED) is 0.627. The summed E-state index contributed by atoms with van der Waals surface area (Å²) in [6, 6.07) is 33.1. The SMILES string of the molecule is CC(C)[P](c1ccccc1)(c1ccccc1)c1ccccc1. The maximum Gasteiger partial charge on any atom is -0.0187 e. The Hall–Kier alpha value is -1.91. The van der Waals surface area contributed by atoms with Gasteiger partial charge in [-0.05, 0) is 28.8 Å². The molecule has 0 nitrogen and oxygen atoms in total. The summed E-state index contributed by atoms with van der Waals surface area (Å²) in [6.45, 7) is 4.72. The molecule has 0 saturated heterocycles. The van der Waals surface area contributed by atoms with E-state index >= 15 is 0 Å². The van der Waals surface area contributed by atoms with E-state index < -0.39 is 7.26 Å². The molecule has 0 fully saturated rings. The highest BCUT2D eigenvalue weighted by Gasteiger charge is 2.36. The lowest BCUT2D eigenvalue weighted by Crippen LogP contribution is -2.36. The molecule has 0 heterocycles. The van der Waals surface area contributed by atoms with Crippen LogP contribution in [-0.2, 0) is 0 Å². The molecule has 1 radical (unpaired) electrons. The third-order valence-electron chi connectivity index (χ3n) is 4.26. The molecule has 0 aliphatic carbocycles. The summed E-state index contributed by atoms with van der Waals surface area (Å²) in [5.74, 6) is 0. The van der Waals surface area contributed by atoms with E-state index in [1.165, 1.54) is 15.9 Å². The molecule has 3 rings (SSSR count). The monoisotopic (exact) mass is 305 g/mol. The van der Waals surface area contributed by atoms with Crippen LogP contribution in [0.1, 0.15) is 13.8 Å². The Labute approximate surface area is 134 Å². The average Bonchev–Trinajstić information content (AvgIpc) is 2.58. The normalized spacial score (nSPS) is 11.6. The smallest absolute Gasteiger partial charge is 0.0187 e. The van der Waals surface area contributed by atoms with Gasteiger partial charge in [0.15, 0.2) is 0 Å². The minimum atomic E-state index is -1.63. The van der Waals surface area contributed by atoms with Gasteiger partial charge in [0.1, 0.15) is 0 Å². The predicted octanol–water partition coefficient (Wildman–Crippen LogP) is 4.39. The van der Waals surface area contributed by atoms with E-state index in [1.54, 1.807) is 0 Å². The maximum absolute atomic E-state index is 2.36. The van der Waals surface area contributed by atoms with E-state index in [2.05, 4.69) is 105 Å². The van der Waals surface area contributed by atoms with Gasteiger partial charge in [-0.1, -0.05) is 105 Å². The van der Waals surface area contributed by atoms with Gasteiger partial charge in [-0.3, -0.25) is 0 Å². The van der Waals surface area contributed by atoms with Crippen molar-refractivity contribution in [2.45, 2.75) is 19.5 Å². The van der Waals surface area contributed by atoms with Gasteiger partial charge in [-0.2, -0.15) is 0 Å². The Bertz CT molecular complexity index is 606. The van der Waals surface area contributed by atoms with Crippen molar-refractivity contribution < 1.29 is 0 Å². The maximum atomic E-state index is 2.36. The molecule has 0 aliphatic rings. The molecule has 0 N–H and O–H groups in total. The highest BCUT2D eigenvalue weighted by atomic mass is 31.2. The van der Waals surface area contributed by atoms with Gasteiger partial charge in [0, 0.05) is 0 Å². The van der Waals surface area contributed by atoms with Crippen LogP contribution in [0.3, 0.4) is 0 Å². The molecule has 0 bridgehead atoms. The number of benzene rings is 3. The third kappa shape index (κ3) is 2.49. The van der Waals surface area contributed by atoms with Crippen LogP contribution in [0.2, 0.25) is 0 Å². The standard InChI is InChI=1S/C21H22P/c1-18(2)22(19-12-6-3-7-13-19,20-14-8-4-9-15-20)21-16-10-5-11-17-21/h3-18H,1-2H3. The van der Waals surface area contributed by atoms with Gasteiger partial charge < -0.3 is 0 Å². The largest absolute Gasteiger partial charge is 0.0622 e. The minimum Gasteiger partial charge on any atom is -0.0622 e. The zero-order chi connectivity index (χ0) is 15.4. The second-order valence-corrected chi connectivity index (χ2v) is 9.85. The van der Waals surface area contributed by atoms with Crippen LogP contribution >= 0.6 is 7.26 Å². The molecule has 111 valence electrons. The van der Waals surface area contributed by atoms with Gasteiger partial charge in [0.25, 0.3) is 0 Å². The van der Waals surface area contributed by atoms with Crippen molar-refractivity contribution in [2.24, 2.45) is 0 Å². The number of hydrogen-bond acceptors (Lipinski definition) is 0. The van der Waals surface area contributed by atoms with E-state index in [1.807, 2.05) is 0 Å². The second-order valence-electron chi connectivity index (χ2n) is 5.82. The molecule has 1 heteroatoms. The summed E-state index contributed by atoms with van der Waals surface area (Å²) in [5.41, 5.74) is 0.555. The van der Waals surface area contributed by atoms with Crippen molar-refractivity contribution in [3.05, 3.63) is 91.0 Å². The first kappa shape index (κ1) is 15.0. The highest BCUT2D eigenvalue weighted by molar-refractivity contribution is 7.96. The van der Waals surface area contributed by atoms with E-state index in [9.17, 15) is 0 Å². The summed E-state index contributed by atoms with van der Waals surface area (Å²) in [5, 5.41) is 4.38. The molecular formula is C21H22P. The molecule has 22 heavy (non-hydrogen) atoms. The topological polar surface area (TPSA) is 0 Å². The molecule has 0 saturated carbocycles. The number of hydrogen-bond donors (Lipinski definition) is 0. The van der Waals surface area contributed by atoms with Crippen molar-refractivity contribution in [3.8, 4) is 0 Å². The molecule has 0 spiro atoms. The molecular weight excluding hydrogens is 283 g/mol. The van der Waals surface area contributed by atoms with Crippen molar-refractivity contribution in [3.63, 3.8) is 0 Å². The average molecular weight is 305 g/mol. The van der Waals surface area contributed by atoms with Crippen LogP contribution in [0.25, 0.3) is 0 Å². The van der Waals surface area contributed by atoms with Crippen molar-refractivity contribution in [1.29, 1.82) is 0 Å². The van der Waals surface area contributed by atoms with Gasteiger partial charge in [0.2, 0.25) is 0 Å². The summed E-state index contributed by atoms with van der Waals surface area (Å²) < 4.78 is 0. The summed E-state index contributed by atoms with van der Waals surface area (Å²) in [7, 11) is -1.63. The van der Waals surface area contributed by atoms with Crippen LogP contribution in [0.4, 0.5) is 0 Å². The Morgan fingerprint density at radius 3 is 1.00 bits per heavy atom. The first-order valence-electron chi connectivity index (χ1n) is 7.82. The Kier molecular flexibility index (Phi) is 4.41. The van der Waals surface area contributed by atoms with Crippen LogP contribution < -0.4 is 15.9 Å².